The first-order chi connectivity index (χ1) is 27.2. The number of carboxylic acids is 1. The Kier molecular flexibility index (Phi) is 17.3. The Morgan fingerprint density at radius 1 is 0.672 bits per heavy atom. The highest BCUT2D eigenvalue weighted by atomic mass is 32.1. The fourth-order valence-electron chi connectivity index (χ4n) is 6.82. The molecule has 4 N–H and O–H groups in total. The second-order valence-corrected chi connectivity index (χ2v) is 14.3. The molecule has 27 heteroatoms. The summed E-state index contributed by atoms with van der Waals surface area (Å²) in [6.07, 6.45) is -26.5. The quantitative estimate of drug-likeness (QED) is 0.256. The van der Waals surface area contributed by atoms with Gasteiger partial charge in [0.25, 0.3) is 12.2 Å². The number of aliphatic carboxylic acids is 1. The number of hydrogen-bond donors (Lipinski definition) is 3. The molecule has 4 heterocycles. The molecule has 6 rings (SSSR count). The van der Waals surface area contributed by atoms with Gasteiger partial charge in [-0.1, -0.05) is 0 Å². The average Bonchev–Trinajstić information content (AvgIpc) is 4.04. The molecule has 4 aliphatic rings. The number of hydrogen-bond acceptors (Lipinski definition) is 9. The predicted octanol–water partition coefficient (Wildman–Crippen LogP) is 7.44. The molecular weight excluding hydrogens is 897 g/mol. The van der Waals surface area contributed by atoms with E-state index in [4.69, 9.17) is 10.8 Å². The SMILES string of the molecule is Nc1cccnc1.O=C(Nc1cccnc1)[C@H]1CC12CCN(C(=O)OC(C(F)(F)F)C(F)(F)F)CC2.O=C(O)[C@H]1CC12CCN(C(=O)OC(C(F)(F)F)C(F)(F)F)CC2.S.S. The van der Waals surface area contributed by atoms with Gasteiger partial charge in [-0.25, -0.2) is 9.59 Å². The number of likely N-dealkylation sites (tertiary alicyclic amines) is 2. The zero-order valence-electron chi connectivity index (χ0n) is 31.3. The van der Waals surface area contributed by atoms with Crippen LogP contribution in [0.15, 0.2) is 49.1 Å². The van der Waals surface area contributed by atoms with Crippen molar-refractivity contribution in [1.29, 1.82) is 0 Å². The molecule has 13 nitrogen and oxygen atoms in total. The molecular formula is C34H40F12N6O7S2. The Morgan fingerprint density at radius 3 is 1.34 bits per heavy atom. The third-order valence-electron chi connectivity index (χ3n) is 10.3. The van der Waals surface area contributed by atoms with Crippen molar-refractivity contribution in [2.24, 2.45) is 22.7 Å². The number of aromatic nitrogens is 2. The van der Waals surface area contributed by atoms with Crippen LogP contribution >= 0.6 is 27.0 Å². The van der Waals surface area contributed by atoms with E-state index in [0.29, 0.717) is 24.2 Å². The minimum Gasteiger partial charge on any atom is -0.481 e. The number of nitrogens with one attached hydrogen (secondary N) is 1. The highest BCUT2D eigenvalue weighted by Crippen LogP contribution is 2.60. The zero-order chi connectivity index (χ0) is 44.2. The summed E-state index contributed by atoms with van der Waals surface area (Å²) in [6.45, 7) is -0.439. The lowest BCUT2D eigenvalue weighted by Crippen LogP contribution is -2.49. The number of ether oxygens (including phenoxy) is 2. The van der Waals surface area contributed by atoms with Crippen molar-refractivity contribution in [3.63, 3.8) is 0 Å². The largest absolute Gasteiger partial charge is 0.481 e. The summed E-state index contributed by atoms with van der Waals surface area (Å²) in [6, 6.07) is 6.91. The van der Waals surface area contributed by atoms with Gasteiger partial charge in [-0.2, -0.15) is 79.7 Å². The zero-order valence-corrected chi connectivity index (χ0v) is 33.3. The number of carbonyl (C=O) groups is 4. The molecule has 2 aliphatic heterocycles. The monoisotopic (exact) mass is 936 g/mol. The van der Waals surface area contributed by atoms with Crippen LogP contribution in [0, 0.1) is 22.7 Å². The van der Waals surface area contributed by atoms with Gasteiger partial charge in [-0.15, -0.1) is 0 Å². The van der Waals surface area contributed by atoms with Crippen LogP contribution in [0.3, 0.4) is 0 Å². The molecule has 0 bridgehead atoms. The number of pyridine rings is 2. The van der Waals surface area contributed by atoms with Crippen molar-refractivity contribution in [3.8, 4) is 0 Å². The third-order valence-corrected chi connectivity index (χ3v) is 10.3. The van der Waals surface area contributed by atoms with Crippen molar-refractivity contribution < 1.29 is 86.4 Å². The predicted molar refractivity (Wildman–Crippen MR) is 197 cm³/mol. The molecule has 0 radical (unpaired) electrons. The summed E-state index contributed by atoms with van der Waals surface area (Å²) in [5.41, 5.74) is 5.62. The van der Waals surface area contributed by atoms with Gasteiger partial charge >= 0.3 is 42.9 Å². The van der Waals surface area contributed by atoms with E-state index in [2.05, 4.69) is 24.8 Å². The van der Waals surface area contributed by atoms with Crippen molar-refractivity contribution in [3.05, 3.63) is 49.1 Å². The van der Waals surface area contributed by atoms with Gasteiger partial charge in [-0.05, 0) is 73.6 Å². The van der Waals surface area contributed by atoms with E-state index in [0.717, 1.165) is 9.80 Å². The molecule has 61 heavy (non-hydrogen) atoms. The number of nitrogen functional groups attached to an aromatic ring is 1. The summed E-state index contributed by atoms with van der Waals surface area (Å²) in [4.78, 5) is 55.7. The minimum atomic E-state index is -5.75. The van der Waals surface area contributed by atoms with Crippen LogP contribution in [0.5, 0.6) is 0 Å². The molecule has 2 atom stereocenters. The lowest BCUT2D eigenvalue weighted by atomic mass is 9.91. The van der Waals surface area contributed by atoms with E-state index >= 15 is 0 Å². The normalized spacial score (nSPS) is 20.1. The number of anilines is 2. The van der Waals surface area contributed by atoms with Gasteiger partial charge in [0.15, 0.2) is 0 Å². The summed E-state index contributed by atoms with van der Waals surface area (Å²) < 4.78 is 157. The second kappa shape index (κ2) is 20.1. The lowest BCUT2D eigenvalue weighted by molar-refractivity contribution is -0.309. The Hall–Kier alpha value is -4.56. The smallest absolute Gasteiger partial charge is 0.434 e. The van der Waals surface area contributed by atoms with E-state index in [1.54, 1.807) is 42.9 Å². The summed E-state index contributed by atoms with van der Waals surface area (Å²) >= 11 is 0. The number of nitrogens with zero attached hydrogens (tertiary/aromatic N) is 4. The van der Waals surface area contributed by atoms with E-state index in [1.165, 1.54) is 6.20 Å². The van der Waals surface area contributed by atoms with E-state index in [-0.39, 0.29) is 90.7 Å². The number of halogens is 12. The van der Waals surface area contributed by atoms with Gasteiger partial charge < -0.3 is 35.4 Å². The molecule has 0 unspecified atom stereocenters. The first-order valence-electron chi connectivity index (χ1n) is 17.5. The van der Waals surface area contributed by atoms with Crippen molar-refractivity contribution in [1.82, 2.24) is 19.8 Å². The fourth-order valence-corrected chi connectivity index (χ4v) is 6.82. The van der Waals surface area contributed by atoms with Crippen molar-refractivity contribution in [2.45, 2.75) is 75.4 Å². The van der Waals surface area contributed by atoms with Gasteiger partial charge in [0.05, 0.1) is 23.5 Å². The molecule has 2 aromatic heterocycles. The average molecular weight is 937 g/mol. The standard InChI is InChI=1S/C17H17F6N3O3.C12H13F6NO4.C5H6N2.2H2S/c18-16(19,20)13(17(21,22)23)29-14(28)26-6-3-15(4-7-26)8-11(15)12(27)25-10-2-1-5-24-9-10;13-11(14,15)8(12(16,17)18)23-9(22)19-3-1-10(2-4-19)5-6(10)7(20)21;6-5-2-1-3-7-4-5;;/h1-2,5,9,11,13H,3-4,6-8H2,(H,25,27);6,8H,1-5H2,(H,20,21);1-4H,6H2;2*1H2/t11-;6-;;;/m11.../s1. The van der Waals surface area contributed by atoms with Crippen LogP contribution in [0.4, 0.5) is 73.6 Å². The van der Waals surface area contributed by atoms with Crippen LogP contribution in [-0.2, 0) is 19.1 Å². The molecule has 2 aromatic rings. The third kappa shape index (κ3) is 14.2. The van der Waals surface area contributed by atoms with E-state index in [1.807, 2.05) is 0 Å². The van der Waals surface area contributed by atoms with Gasteiger partial charge in [0.1, 0.15) is 0 Å². The molecule has 3 amide bonds. The number of nitrogens with two attached hydrogens (primary N) is 1. The lowest BCUT2D eigenvalue weighted by Gasteiger charge is -2.33. The number of carbonyl (C=O) groups excluding carboxylic acids is 3. The number of piperidine rings is 2. The topological polar surface area (TPSA) is 177 Å². The maximum absolute atomic E-state index is 12.5. The molecule has 2 spiro atoms. The number of amides is 3. The molecule has 344 valence electrons. The van der Waals surface area contributed by atoms with Crippen LogP contribution in [0.25, 0.3) is 0 Å². The summed E-state index contributed by atoms with van der Waals surface area (Å²) in [5, 5.41) is 11.6. The first kappa shape index (κ1) is 52.6. The van der Waals surface area contributed by atoms with Crippen molar-refractivity contribution in [2.75, 3.05) is 37.2 Å². The Bertz CT molecular complexity index is 1750. The fraction of sp³-hybridized carbons (Fsp3) is 0.588. The highest BCUT2D eigenvalue weighted by molar-refractivity contribution is 7.59. The van der Waals surface area contributed by atoms with Crippen molar-refractivity contribution >= 4 is 62.4 Å². The Labute approximate surface area is 352 Å². The van der Waals surface area contributed by atoms with Crippen LogP contribution in [0.2, 0.25) is 0 Å². The summed E-state index contributed by atoms with van der Waals surface area (Å²) in [7, 11) is 0. The molecule has 2 saturated carbocycles. The second-order valence-electron chi connectivity index (χ2n) is 14.3. The number of rotatable bonds is 5. The van der Waals surface area contributed by atoms with Gasteiger partial charge in [0.2, 0.25) is 5.91 Å². The van der Waals surface area contributed by atoms with E-state index < -0.39 is 71.8 Å². The van der Waals surface area contributed by atoms with Gasteiger partial charge in [-0.3, -0.25) is 19.6 Å². The molecule has 0 aromatic carbocycles. The van der Waals surface area contributed by atoms with Crippen LogP contribution < -0.4 is 11.1 Å². The number of alkyl halides is 12. The van der Waals surface area contributed by atoms with Crippen LogP contribution in [-0.4, -0.2) is 112 Å². The van der Waals surface area contributed by atoms with Crippen LogP contribution in [0.1, 0.15) is 38.5 Å². The summed E-state index contributed by atoms with van der Waals surface area (Å²) in [5.74, 6) is -2.13. The Morgan fingerprint density at radius 2 is 1.05 bits per heavy atom. The molecule has 2 saturated heterocycles. The maximum atomic E-state index is 12.5. The minimum absolute atomic E-state index is 0. The number of carboxylic acid groups (broad SMARTS) is 1. The molecule has 2 aliphatic carbocycles. The maximum Gasteiger partial charge on any atom is 0.434 e. The molecule has 4 fully saturated rings. The van der Waals surface area contributed by atoms with E-state index in [9.17, 15) is 71.9 Å². The van der Waals surface area contributed by atoms with Gasteiger partial charge in [0, 0.05) is 50.7 Å². The first-order valence-corrected chi connectivity index (χ1v) is 17.5. The Balaban J connectivity index is 0.000000358. The highest BCUT2D eigenvalue weighted by Gasteiger charge is 2.63.